The van der Waals surface area contributed by atoms with Crippen molar-refractivity contribution in [2.24, 2.45) is 0 Å². The Kier molecular flexibility index (Phi) is 7.79. The highest BCUT2D eigenvalue weighted by Gasteiger charge is 2.21. The molecule has 36 heavy (non-hydrogen) atoms. The molecule has 2 aliphatic rings. The van der Waals surface area contributed by atoms with Gasteiger partial charge in [-0.1, -0.05) is 36.4 Å². The lowest BCUT2D eigenvalue weighted by molar-refractivity contribution is 0.0374. The van der Waals surface area contributed by atoms with E-state index in [4.69, 9.17) is 4.74 Å². The Bertz CT molecular complexity index is 1210. The molecule has 7 nitrogen and oxygen atoms in total. The summed E-state index contributed by atoms with van der Waals surface area (Å²) >= 11 is 0. The lowest BCUT2D eigenvalue weighted by atomic mass is 10.0. The fourth-order valence-corrected chi connectivity index (χ4v) is 5.08. The topological polar surface area (TPSA) is 73.9 Å². The van der Waals surface area contributed by atoms with Crippen LogP contribution in [0.2, 0.25) is 0 Å². The summed E-state index contributed by atoms with van der Waals surface area (Å²) in [4.78, 5) is 31.1. The van der Waals surface area contributed by atoms with Crippen molar-refractivity contribution >= 4 is 34.0 Å². The first kappa shape index (κ1) is 24.3. The van der Waals surface area contributed by atoms with Crippen LogP contribution in [-0.2, 0) is 4.74 Å². The van der Waals surface area contributed by atoms with Gasteiger partial charge in [-0.25, -0.2) is 0 Å². The lowest BCUT2D eigenvalue weighted by Crippen LogP contribution is -2.38. The Morgan fingerprint density at radius 3 is 2.44 bits per heavy atom. The number of nitrogens with zero attached hydrogens (tertiary/aromatic N) is 2. The zero-order valence-corrected chi connectivity index (χ0v) is 20.7. The van der Waals surface area contributed by atoms with E-state index in [1.807, 2.05) is 60.7 Å². The maximum Gasteiger partial charge on any atom is 0.256 e. The number of ether oxygens (including phenoxy) is 1. The van der Waals surface area contributed by atoms with E-state index in [-0.39, 0.29) is 11.8 Å². The SMILES string of the molecule is O=C(NCCCN1CCOCC1)c1cc(NC(=O)c2cccc3ccccc23)ccc1N1CCCC1. The van der Waals surface area contributed by atoms with E-state index < -0.39 is 0 Å². The van der Waals surface area contributed by atoms with Crippen molar-refractivity contribution in [1.29, 1.82) is 0 Å². The average Bonchev–Trinajstić information content (AvgIpc) is 3.46. The lowest BCUT2D eigenvalue weighted by Gasteiger charge is -2.26. The highest BCUT2D eigenvalue weighted by atomic mass is 16.5. The molecule has 0 spiro atoms. The molecular formula is C29H34N4O3. The van der Waals surface area contributed by atoms with Gasteiger partial charge in [0.15, 0.2) is 0 Å². The van der Waals surface area contributed by atoms with Crippen LogP contribution in [-0.4, -0.2) is 69.2 Å². The third-order valence-corrected chi connectivity index (χ3v) is 7.02. The largest absolute Gasteiger partial charge is 0.379 e. The number of morpholine rings is 1. The number of amides is 2. The van der Waals surface area contributed by atoms with E-state index in [1.165, 1.54) is 0 Å². The van der Waals surface area contributed by atoms with E-state index in [0.29, 0.717) is 23.4 Å². The van der Waals surface area contributed by atoms with Crippen LogP contribution in [0.15, 0.2) is 60.7 Å². The van der Waals surface area contributed by atoms with Crippen LogP contribution in [0.3, 0.4) is 0 Å². The third kappa shape index (κ3) is 5.69. The first-order valence-corrected chi connectivity index (χ1v) is 13.0. The van der Waals surface area contributed by atoms with Crippen LogP contribution in [0.5, 0.6) is 0 Å². The molecule has 5 rings (SSSR count). The van der Waals surface area contributed by atoms with Gasteiger partial charge in [-0.05, 0) is 60.8 Å². The van der Waals surface area contributed by atoms with Crippen LogP contribution >= 0.6 is 0 Å². The first-order chi connectivity index (χ1) is 17.7. The van der Waals surface area contributed by atoms with Crippen LogP contribution in [0.4, 0.5) is 11.4 Å². The molecule has 2 fully saturated rings. The number of nitrogens with one attached hydrogen (secondary N) is 2. The molecule has 3 aromatic carbocycles. The van der Waals surface area contributed by atoms with Crippen LogP contribution < -0.4 is 15.5 Å². The molecule has 0 radical (unpaired) electrons. The fourth-order valence-electron chi connectivity index (χ4n) is 5.08. The number of carbonyl (C=O) groups is 2. The van der Waals surface area contributed by atoms with Gasteiger partial charge < -0.3 is 20.3 Å². The standard InChI is InChI=1S/C29H34N4O3/c34-28(30-13-6-14-32-17-19-36-20-18-32)26-21-23(11-12-27(26)33-15-3-4-16-33)31-29(35)25-10-5-8-22-7-1-2-9-24(22)25/h1-2,5,7-12,21H,3-4,6,13-20H2,(H,30,34)(H,31,35). The minimum atomic E-state index is -0.183. The quantitative estimate of drug-likeness (QED) is 0.468. The molecule has 0 unspecified atom stereocenters. The monoisotopic (exact) mass is 486 g/mol. The van der Waals surface area contributed by atoms with Crippen LogP contribution in [0.25, 0.3) is 10.8 Å². The summed E-state index contributed by atoms with van der Waals surface area (Å²) in [6.07, 6.45) is 3.14. The first-order valence-electron chi connectivity index (χ1n) is 13.0. The highest BCUT2D eigenvalue weighted by molar-refractivity contribution is 6.13. The number of carbonyl (C=O) groups excluding carboxylic acids is 2. The second kappa shape index (κ2) is 11.5. The van der Waals surface area contributed by atoms with Crippen molar-refractivity contribution in [3.63, 3.8) is 0 Å². The molecule has 0 atom stereocenters. The molecule has 0 saturated carbocycles. The van der Waals surface area contributed by atoms with Crippen LogP contribution in [0, 0.1) is 0 Å². The van der Waals surface area contributed by atoms with Gasteiger partial charge in [0.2, 0.25) is 0 Å². The Morgan fingerprint density at radius 1 is 0.833 bits per heavy atom. The van der Waals surface area contributed by atoms with Gasteiger partial charge in [0.1, 0.15) is 0 Å². The smallest absolute Gasteiger partial charge is 0.256 e. The zero-order chi connectivity index (χ0) is 24.7. The molecule has 3 aromatic rings. The van der Waals surface area contributed by atoms with E-state index in [2.05, 4.69) is 20.4 Å². The van der Waals surface area contributed by atoms with Gasteiger partial charge in [-0.2, -0.15) is 0 Å². The van der Waals surface area contributed by atoms with Gasteiger partial charge in [-0.15, -0.1) is 0 Å². The zero-order valence-electron chi connectivity index (χ0n) is 20.7. The second-order valence-electron chi connectivity index (χ2n) is 9.47. The minimum absolute atomic E-state index is 0.0971. The van der Waals surface area contributed by atoms with Crippen molar-refractivity contribution in [3.05, 3.63) is 71.8 Å². The summed E-state index contributed by atoms with van der Waals surface area (Å²) < 4.78 is 5.41. The Labute approximate surface area is 212 Å². The van der Waals surface area contributed by atoms with Gasteiger partial charge >= 0.3 is 0 Å². The van der Waals surface area contributed by atoms with Crippen molar-refractivity contribution in [2.75, 3.05) is 62.7 Å². The number of hydrogen-bond donors (Lipinski definition) is 2. The van der Waals surface area contributed by atoms with Crippen molar-refractivity contribution in [3.8, 4) is 0 Å². The fraction of sp³-hybridized carbons (Fsp3) is 0.379. The minimum Gasteiger partial charge on any atom is -0.379 e. The molecule has 2 heterocycles. The molecule has 2 amide bonds. The molecule has 188 valence electrons. The van der Waals surface area contributed by atoms with E-state index in [1.54, 1.807) is 0 Å². The van der Waals surface area contributed by atoms with E-state index in [0.717, 1.165) is 81.7 Å². The van der Waals surface area contributed by atoms with Gasteiger partial charge in [0, 0.05) is 49.7 Å². The predicted molar refractivity (Wildman–Crippen MR) is 144 cm³/mol. The number of benzene rings is 3. The van der Waals surface area contributed by atoms with E-state index in [9.17, 15) is 9.59 Å². The van der Waals surface area contributed by atoms with E-state index >= 15 is 0 Å². The molecular weight excluding hydrogens is 452 g/mol. The van der Waals surface area contributed by atoms with Gasteiger partial charge in [0.05, 0.1) is 18.8 Å². The summed E-state index contributed by atoms with van der Waals surface area (Å²) in [5.74, 6) is -0.280. The average molecular weight is 487 g/mol. The predicted octanol–water partition coefficient (Wildman–Crippen LogP) is 4.14. The Hall–Kier alpha value is -3.42. The number of fused-ring (bicyclic) bond motifs is 1. The van der Waals surface area contributed by atoms with Crippen molar-refractivity contribution < 1.29 is 14.3 Å². The van der Waals surface area contributed by atoms with Gasteiger partial charge in [-0.3, -0.25) is 14.5 Å². The maximum absolute atomic E-state index is 13.3. The molecule has 2 saturated heterocycles. The summed E-state index contributed by atoms with van der Waals surface area (Å²) in [6, 6.07) is 19.3. The highest BCUT2D eigenvalue weighted by Crippen LogP contribution is 2.28. The molecule has 2 N–H and O–H groups in total. The molecule has 0 aliphatic carbocycles. The molecule has 0 bridgehead atoms. The molecule has 2 aliphatic heterocycles. The summed E-state index contributed by atoms with van der Waals surface area (Å²) in [5.41, 5.74) is 2.78. The van der Waals surface area contributed by atoms with Crippen molar-refractivity contribution in [2.45, 2.75) is 19.3 Å². The second-order valence-corrected chi connectivity index (χ2v) is 9.47. The summed E-state index contributed by atoms with van der Waals surface area (Å²) in [5, 5.41) is 8.05. The Morgan fingerprint density at radius 2 is 1.61 bits per heavy atom. The maximum atomic E-state index is 13.3. The van der Waals surface area contributed by atoms with Crippen molar-refractivity contribution in [1.82, 2.24) is 10.2 Å². The van der Waals surface area contributed by atoms with Gasteiger partial charge in [0.25, 0.3) is 11.8 Å². The number of hydrogen-bond acceptors (Lipinski definition) is 5. The molecule has 0 aromatic heterocycles. The third-order valence-electron chi connectivity index (χ3n) is 7.02. The number of anilines is 2. The molecule has 7 heteroatoms. The van der Waals surface area contributed by atoms with Crippen LogP contribution in [0.1, 0.15) is 40.0 Å². The summed E-state index contributed by atoms with van der Waals surface area (Å²) in [7, 11) is 0. The normalized spacial score (nSPS) is 16.3. The summed E-state index contributed by atoms with van der Waals surface area (Å²) in [6.45, 7) is 6.91. The Balaban J connectivity index is 1.30. The number of rotatable bonds is 8.